The fraction of sp³-hybridized carbons (Fsp3) is 0.250. The zero-order chi connectivity index (χ0) is 21.9. The van der Waals surface area contributed by atoms with Crippen LogP contribution in [0.3, 0.4) is 0 Å². The highest BCUT2D eigenvalue weighted by molar-refractivity contribution is 5.80. The summed E-state index contributed by atoms with van der Waals surface area (Å²) in [7, 11) is 1.63. The molecule has 1 heterocycles. The second kappa shape index (κ2) is 11.4. The zero-order valence-corrected chi connectivity index (χ0v) is 17.8. The van der Waals surface area contributed by atoms with Crippen LogP contribution in [0, 0.1) is 6.92 Å². The summed E-state index contributed by atoms with van der Waals surface area (Å²) in [4.78, 5) is 11.9. The highest BCUT2D eigenvalue weighted by Gasteiger charge is 2.03. The van der Waals surface area contributed by atoms with E-state index in [1.807, 2.05) is 49.4 Å². The number of hydrogen-bond donors (Lipinski definition) is 2. The van der Waals surface area contributed by atoms with Crippen molar-refractivity contribution in [3.8, 4) is 11.7 Å². The topological polar surface area (TPSA) is 85.1 Å². The van der Waals surface area contributed by atoms with Gasteiger partial charge in [-0.1, -0.05) is 24.3 Å². The fourth-order valence-corrected chi connectivity index (χ4v) is 2.82. The summed E-state index contributed by atoms with van der Waals surface area (Å²) in [5.41, 5.74) is 5.76. The number of nitrogens with zero attached hydrogens (tertiary/aromatic N) is 1. The summed E-state index contributed by atoms with van der Waals surface area (Å²) < 4.78 is 16.3. The highest BCUT2D eigenvalue weighted by Crippen LogP contribution is 2.17. The molecule has 0 atom stereocenters. The van der Waals surface area contributed by atoms with Crippen LogP contribution in [-0.2, 0) is 11.4 Å². The van der Waals surface area contributed by atoms with Crippen molar-refractivity contribution in [2.24, 2.45) is 5.10 Å². The Morgan fingerprint density at radius 2 is 1.97 bits per heavy atom. The number of aryl methyl sites for hydroxylation is 1. The van der Waals surface area contributed by atoms with Crippen LogP contribution >= 0.6 is 0 Å². The van der Waals surface area contributed by atoms with Crippen LogP contribution < -0.4 is 20.2 Å². The third-order valence-corrected chi connectivity index (χ3v) is 4.45. The number of methoxy groups -OCH3 is 1. The quantitative estimate of drug-likeness (QED) is 0.270. The van der Waals surface area contributed by atoms with Gasteiger partial charge in [0.05, 0.1) is 13.3 Å². The summed E-state index contributed by atoms with van der Waals surface area (Å²) >= 11 is 0. The van der Waals surface area contributed by atoms with Gasteiger partial charge in [0.25, 0.3) is 5.95 Å². The van der Waals surface area contributed by atoms with Gasteiger partial charge in [0.15, 0.2) is 5.76 Å². The first kappa shape index (κ1) is 22.0. The fourth-order valence-electron chi connectivity index (χ4n) is 2.82. The lowest BCUT2D eigenvalue weighted by Gasteiger charge is -2.06. The van der Waals surface area contributed by atoms with Gasteiger partial charge < -0.3 is 19.2 Å². The number of amides is 1. The zero-order valence-electron chi connectivity index (χ0n) is 17.8. The molecule has 0 unspecified atom stereocenters. The molecule has 1 aromatic heterocycles. The minimum atomic E-state index is -0.148. The van der Waals surface area contributed by atoms with Crippen molar-refractivity contribution in [2.75, 3.05) is 19.0 Å². The van der Waals surface area contributed by atoms with Crippen LogP contribution in [-0.4, -0.2) is 25.8 Å². The monoisotopic (exact) mass is 421 g/mol. The lowest BCUT2D eigenvalue weighted by molar-refractivity contribution is -0.121. The predicted octanol–water partition coefficient (Wildman–Crippen LogP) is 4.52. The van der Waals surface area contributed by atoms with Gasteiger partial charge in [-0.2, -0.15) is 5.10 Å². The van der Waals surface area contributed by atoms with Gasteiger partial charge >= 0.3 is 0 Å². The SMILES string of the molecule is COc1ccc(COc2ccc(/C=N/NC(=O)CCCNc3cccc(C)c3)o2)cc1. The molecule has 3 aromatic rings. The van der Waals surface area contributed by atoms with Gasteiger partial charge in [-0.25, -0.2) is 5.43 Å². The molecular weight excluding hydrogens is 394 g/mol. The normalized spacial score (nSPS) is 10.8. The number of carbonyl (C=O) groups excluding carboxylic acids is 1. The Bertz CT molecular complexity index is 996. The Morgan fingerprint density at radius 1 is 1.13 bits per heavy atom. The molecule has 31 heavy (non-hydrogen) atoms. The van der Waals surface area contributed by atoms with E-state index in [0.29, 0.717) is 37.7 Å². The largest absolute Gasteiger partial charge is 0.497 e. The Balaban J connectivity index is 1.33. The summed E-state index contributed by atoms with van der Waals surface area (Å²) in [6.45, 7) is 3.14. The molecule has 0 bridgehead atoms. The average Bonchev–Trinajstić information content (AvgIpc) is 3.23. The number of furan rings is 1. The van der Waals surface area contributed by atoms with E-state index in [1.165, 1.54) is 11.8 Å². The van der Waals surface area contributed by atoms with Crippen LogP contribution in [0.4, 0.5) is 5.69 Å². The number of hydrogen-bond acceptors (Lipinski definition) is 6. The van der Waals surface area contributed by atoms with Gasteiger partial charge in [-0.15, -0.1) is 0 Å². The van der Waals surface area contributed by atoms with Gasteiger partial charge in [0.2, 0.25) is 5.91 Å². The Kier molecular flexibility index (Phi) is 8.11. The summed E-state index contributed by atoms with van der Waals surface area (Å²) in [6.07, 6.45) is 2.53. The van der Waals surface area contributed by atoms with Gasteiger partial charge in [0, 0.05) is 24.7 Å². The van der Waals surface area contributed by atoms with Crippen molar-refractivity contribution in [2.45, 2.75) is 26.4 Å². The molecule has 0 spiro atoms. The molecule has 7 heteroatoms. The molecule has 0 saturated carbocycles. The van der Waals surface area contributed by atoms with E-state index < -0.39 is 0 Å². The maximum atomic E-state index is 11.9. The van der Waals surface area contributed by atoms with Crippen LogP contribution in [0.15, 0.2) is 70.2 Å². The molecule has 2 N–H and O–H groups in total. The highest BCUT2D eigenvalue weighted by atomic mass is 16.6. The van der Waals surface area contributed by atoms with E-state index >= 15 is 0 Å². The maximum absolute atomic E-state index is 11.9. The van der Waals surface area contributed by atoms with E-state index in [9.17, 15) is 4.79 Å². The van der Waals surface area contributed by atoms with E-state index in [0.717, 1.165) is 17.0 Å². The van der Waals surface area contributed by atoms with E-state index in [1.54, 1.807) is 19.2 Å². The maximum Gasteiger partial charge on any atom is 0.285 e. The summed E-state index contributed by atoms with van der Waals surface area (Å²) in [6, 6.07) is 19.2. The second-order valence-corrected chi connectivity index (χ2v) is 6.99. The van der Waals surface area contributed by atoms with Crippen LogP contribution in [0.25, 0.3) is 0 Å². The van der Waals surface area contributed by atoms with E-state index in [-0.39, 0.29) is 5.91 Å². The smallest absolute Gasteiger partial charge is 0.285 e. The van der Waals surface area contributed by atoms with Gasteiger partial charge in [0.1, 0.15) is 12.4 Å². The Morgan fingerprint density at radius 3 is 2.74 bits per heavy atom. The lowest BCUT2D eigenvalue weighted by atomic mass is 10.2. The lowest BCUT2D eigenvalue weighted by Crippen LogP contribution is -2.18. The molecule has 0 aliphatic rings. The number of nitrogens with one attached hydrogen (secondary N) is 2. The standard InChI is InChI=1S/C24H27N3O4/c1-18-5-3-6-20(15-18)25-14-4-7-23(28)27-26-16-22-12-13-24(31-22)30-17-19-8-10-21(29-2)11-9-19/h3,5-6,8-13,15-16,25H,4,7,14,17H2,1-2H3,(H,27,28)/b26-16+. The minimum absolute atomic E-state index is 0.148. The van der Waals surface area contributed by atoms with E-state index in [2.05, 4.69) is 21.9 Å². The summed E-state index contributed by atoms with van der Waals surface area (Å²) in [5.74, 6) is 1.52. The molecule has 7 nitrogen and oxygen atoms in total. The van der Waals surface area contributed by atoms with Crippen molar-refractivity contribution in [1.82, 2.24) is 5.43 Å². The number of ether oxygens (including phenoxy) is 2. The molecule has 162 valence electrons. The third kappa shape index (κ3) is 7.54. The molecule has 0 aliphatic heterocycles. The number of benzene rings is 2. The molecular formula is C24H27N3O4. The molecule has 0 radical (unpaired) electrons. The first-order chi connectivity index (χ1) is 15.1. The predicted molar refractivity (Wildman–Crippen MR) is 121 cm³/mol. The molecule has 0 aliphatic carbocycles. The van der Waals surface area contributed by atoms with Crippen LogP contribution in [0.1, 0.15) is 29.7 Å². The number of carbonyl (C=O) groups is 1. The first-order valence-electron chi connectivity index (χ1n) is 10.1. The Hall–Kier alpha value is -3.74. The molecule has 0 saturated heterocycles. The Labute approximate surface area is 182 Å². The molecule has 0 fully saturated rings. The number of hydrazone groups is 1. The van der Waals surface area contributed by atoms with Crippen LogP contribution in [0.5, 0.6) is 11.7 Å². The first-order valence-corrected chi connectivity index (χ1v) is 10.1. The van der Waals surface area contributed by atoms with Crippen molar-refractivity contribution in [3.05, 3.63) is 77.6 Å². The van der Waals surface area contributed by atoms with Gasteiger partial charge in [-0.3, -0.25) is 4.79 Å². The minimum Gasteiger partial charge on any atom is -0.497 e. The van der Waals surface area contributed by atoms with Crippen molar-refractivity contribution in [3.63, 3.8) is 0 Å². The third-order valence-electron chi connectivity index (χ3n) is 4.45. The van der Waals surface area contributed by atoms with Crippen molar-refractivity contribution in [1.29, 1.82) is 0 Å². The van der Waals surface area contributed by atoms with Crippen LogP contribution in [0.2, 0.25) is 0 Å². The van der Waals surface area contributed by atoms with Gasteiger partial charge in [-0.05, 0) is 54.8 Å². The van der Waals surface area contributed by atoms with Crippen molar-refractivity contribution >= 4 is 17.8 Å². The average molecular weight is 421 g/mol. The number of rotatable bonds is 11. The van der Waals surface area contributed by atoms with E-state index in [4.69, 9.17) is 13.9 Å². The summed E-state index contributed by atoms with van der Waals surface area (Å²) in [5, 5.41) is 7.23. The molecule has 1 amide bonds. The second-order valence-electron chi connectivity index (χ2n) is 6.99. The number of anilines is 1. The van der Waals surface area contributed by atoms with Crippen molar-refractivity contribution < 1.29 is 18.7 Å². The molecule has 2 aromatic carbocycles. The molecule has 3 rings (SSSR count).